The van der Waals surface area contributed by atoms with Crippen molar-refractivity contribution in [2.24, 2.45) is 0 Å². The van der Waals surface area contributed by atoms with Crippen LogP contribution in [0.25, 0.3) is 0 Å². The number of nitrogens with one attached hydrogen (secondary N) is 1. The molecule has 0 saturated carbocycles. The van der Waals surface area contributed by atoms with Crippen molar-refractivity contribution in [1.82, 2.24) is 4.90 Å². The van der Waals surface area contributed by atoms with E-state index < -0.39 is 9.84 Å². The highest BCUT2D eigenvalue weighted by atomic mass is 32.2. The van der Waals surface area contributed by atoms with Gasteiger partial charge in [0.1, 0.15) is 0 Å². The van der Waals surface area contributed by atoms with Crippen LogP contribution in [-0.4, -0.2) is 63.0 Å². The van der Waals surface area contributed by atoms with E-state index in [-0.39, 0.29) is 23.5 Å². The van der Waals surface area contributed by atoms with Crippen molar-refractivity contribution in [3.8, 4) is 0 Å². The van der Waals surface area contributed by atoms with E-state index in [2.05, 4.69) is 35.0 Å². The second-order valence-electron chi connectivity index (χ2n) is 7.16. The molecule has 2 rings (SSSR count). The summed E-state index contributed by atoms with van der Waals surface area (Å²) in [6.45, 7) is 11.5. The zero-order valence-corrected chi connectivity index (χ0v) is 17.8. The molecule has 1 aliphatic rings. The number of amides is 1. The molecule has 7 heteroatoms. The molecule has 0 radical (unpaired) electrons. The summed E-state index contributed by atoms with van der Waals surface area (Å²) in [7, 11) is -2.91. The van der Waals surface area contributed by atoms with Crippen molar-refractivity contribution in [3.05, 3.63) is 23.8 Å². The van der Waals surface area contributed by atoms with E-state index in [9.17, 15) is 13.2 Å². The van der Waals surface area contributed by atoms with Gasteiger partial charge in [-0.2, -0.15) is 0 Å². The zero-order chi connectivity index (χ0) is 20.0. The van der Waals surface area contributed by atoms with Crippen LogP contribution in [0.4, 0.5) is 11.4 Å². The Morgan fingerprint density at radius 2 is 1.89 bits per heavy atom. The Morgan fingerprint density at radius 3 is 2.41 bits per heavy atom. The van der Waals surface area contributed by atoms with Gasteiger partial charge < -0.3 is 10.2 Å². The lowest BCUT2D eigenvalue weighted by Crippen LogP contribution is -2.38. The van der Waals surface area contributed by atoms with E-state index in [0.29, 0.717) is 19.4 Å². The van der Waals surface area contributed by atoms with Gasteiger partial charge in [-0.3, -0.25) is 9.69 Å². The molecule has 1 heterocycles. The lowest BCUT2D eigenvalue weighted by Gasteiger charge is -2.26. The molecule has 0 aliphatic carbocycles. The van der Waals surface area contributed by atoms with Crippen molar-refractivity contribution in [2.45, 2.75) is 46.6 Å². The van der Waals surface area contributed by atoms with E-state index in [1.54, 1.807) is 0 Å². The van der Waals surface area contributed by atoms with Crippen LogP contribution in [0.15, 0.2) is 18.2 Å². The molecular formula is C20H33N3O3S. The summed E-state index contributed by atoms with van der Waals surface area (Å²) >= 11 is 0. The van der Waals surface area contributed by atoms with Crippen molar-refractivity contribution >= 4 is 27.1 Å². The number of carbonyl (C=O) groups excluding carboxylic acids is 1. The Labute approximate surface area is 163 Å². The molecule has 1 unspecified atom stereocenters. The summed E-state index contributed by atoms with van der Waals surface area (Å²) in [5, 5.41) is 3.00. The van der Waals surface area contributed by atoms with Crippen LogP contribution in [0.3, 0.4) is 0 Å². The number of hydrogen-bond acceptors (Lipinski definition) is 5. The monoisotopic (exact) mass is 395 g/mol. The number of benzene rings is 1. The Hall–Kier alpha value is -1.60. The van der Waals surface area contributed by atoms with Gasteiger partial charge in [0.2, 0.25) is 5.91 Å². The molecule has 1 fully saturated rings. The highest BCUT2D eigenvalue weighted by Crippen LogP contribution is 2.23. The van der Waals surface area contributed by atoms with Gasteiger partial charge in [0.05, 0.1) is 11.5 Å². The fourth-order valence-corrected chi connectivity index (χ4v) is 5.46. The normalized spacial score (nSPS) is 18.6. The third-order valence-corrected chi connectivity index (χ3v) is 7.12. The molecule has 1 N–H and O–H groups in total. The maximum atomic E-state index is 12.4. The lowest BCUT2D eigenvalue weighted by atomic mass is 10.1. The lowest BCUT2D eigenvalue weighted by molar-refractivity contribution is -0.116. The van der Waals surface area contributed by atoms with Crippen LogP contribution >= 0.6 is 0 Å². The van der Waals surface area contributed by atoms with Crippen molar-refractivity contribution < 1.29 is 13.2 Å². The van der Waals surface area contributed by atoms with Gasteiger partial charge in [0.15, 0.2) is 9.84 Å². The van der Waals surface area contributed by atoms with Gasteiger partial charge in [0.25, 0.3) is 0 Å². The summed E-state index contributed by atoms with van der Waals surface area (Å²) in [6, 6.07) is 6.15. The molecule has 1 aromatic rings. The molecule has 1 amide bonds. The fourth-order valence-electron chi connectivity index (χ4n) is 3.69. The van der Waals surface area contributed by atoms with Gasteiger partial charge in [-0.25, -0.2) is 8.42 Å². The standard InChI is InChI=1S/C20H33N3O3S/c1-5-22(6-2)17-8-9-19(16(4)14-17)21-20(24)10-12-23(7-3)18-11-13-27(25,26)15-18/h8-9,14,18H,5-7,10-13,15H2,1-4H3,(H,21,24). The smallest absolute Gasteiger partial charge is 0.225 e. The Kier molecular flexibility index (Phi) is 7.68. The van der Waals surface area contributed by atoms with Gasteiger partial charge >= 0.3 is 0 Å². The summed E-state index contributed by atoms with van der Waals surface area (Å²) in [4.78, 5) is 16.8. The van der Waals surface area contributed by atoms with Crippen LogP contribution in [0.2, 0.25) is 0 Å². The predicted octanol–water partition coefficient (Wildman–Crippen LogP) is 2.68. The molecule has 1 atom stereocenters. The summed E-state index contributed by atoms with van der Waals surface area (Å²) in [6.07, 6.45) is 1.03. The SMILES string of the molecule is CCN(CC)c1ccc(NC(=O)CCN(CC)C2CCS(=O)(=O)C2)c(C)c1. The highest BCUT2D eigenvalue weighted by molar-refractivity contribution is 7.91. The summed E-state index contributed by atoms with van der Waals surface area (Å²) in [5.41, 5.74) is 3.04. The Bertz CT molecular complexity index is 745. The maximum Gasteiger partial charge on any atom is 0.225 e. The van der Waals surface area contributed by atoms with Gasteiger partial charge in [0, 0.05) is 43.5 Å². The largest absolute Gasteiger partial charge is 0.372 e. The minimum Gasteiger partial charge on any atom is -0.372 e. The minimum atomic E-state index is -2.91. The van der Waals surface area contributed by atoms with E-state index in [0.717, 1.165) is 36.6 Å². The number of hydrogen-bond donors (Lipinski definition) is 1. The molecule has 1 aliphatic heterocycles. The molecule has 27 heavy (non-hydrogen) atoms. The topological polar surface area (TPSA) is 69.7 Å². The van der Waals surface area contributed by atoms with Gasteiger partial charge in [-0.05, 0) is 57.5 Å². The van der Waals surface area contributed by atoms with E-state index in [4.69, 9.17) is 0 Å². The molecule has 152 valence electrons. The maximum absolute atomic E-state index is 12.4. The minimum absolute atomic E-state index is 0.0343. The van der Waals surface area contributed by atoms with E-state index in [1.165, 1.54) is 0 Å². The Balaban J connectivity index is 1.91. The summed E-state index contributed by atoms with van der Waals surface area (Å²) < 4.78 is 23.4. The fraction of sp³-hybridized carbons (Fsp3) is 0.650. The third-order valence-electron chi connectivity index (χ3n) is 5.37. The third kappa shape index (κ3) is 5.94. The number of rotatable bonds is 9. The number of carbonyl (C=O) groups is 1. The second kappa shape index (κ2) is 9.55. The molecule has 0 bridgehead atoms. The highest BCUT2D eigenvalue weighted by Gasteiger charge is 2.31. The second-order valence-corrected chi connectivity index (χ2v) is 9.38. The molecule has 1 saturated heterocycles. The van der Waals surface area contributed by atoms with Gasteiger partial charge in [-0.15, -0.1) is 0 Å². The van der Waals surface area contributed by atoms with Gasteiger partial charge in [-0.1, -0.05) is 6.92 Å². The van der Waals surface area contributed by atoms with Crippen LogP contribution in [0, 0.1) is 6.92 Å². The quantitative estimate of drug-likeness (QED) is 0.696. The summed E-state index contributed by atoms with van der Waals surface area (Å²) in [5.74, 6) is 0.445. The molecule has 0 aromatic heterocycles. The first-order chi connectivity index (χ1) is 12.8. The average Bonchev–Trinajstić information content (AvgIpc) is 2.98. The van der Waals surface area contributed by atoms with E-state index in [1.807, 2.05) is 26.0 Å². The predicted molar refractivity (Wildman–Crippen MR) is 112 cm³/mol. The molecule has 6 nitrogen and oxygen atoms in total. The first kappa shape index (κ1) is 21.7. The average molecular weight is 396 g/mol. The van der Waals surface area contributed by atoms with Crippen LogP contribution < -0.4 is 10.2 Å². The molecule has 0 spiro atoms. The van der Waals surface area contributed by atoms with E-state index >= 15 is 0 Å². The first-order valence-electron chi connectivity index (χ1n) is 9.89. The zero-order valence-electron chi connectivity index (χ0n) is 17.0. The number of anilines is 2. The van der Waals surface area contributed by atoms with Crippen molar-refractivity contribution in [1.29, 1.82) is 0 Å². The molecular weight excluding hydrogens is 362 g/mol. The van der Waals surface area contributed by atoms with Crippen molar-refractivity contribution in [3.63, 3.8) is 0 Å². The Morgan fingerprint density at radius 1 is 1.19 bits per heavy atom. The number of nitrogens with zero attached hydrogens (tertiary/aromatic N) is 2. The number of sulfone groups is 1. The molecule has 1 aromatic carbocycles. The van der Waals surface area contributed by atoms with Crippen LogP contribution in [0.1, 0.15) is 39.2 Å². The number of aryl methyl sites for hydroxylation is 1. The van der Waals surface area contributed by atoms with Crippen molar-refractivity contribution in [2.75, 3.05) is 47.9 Å². The van der Waals surface area contributed by atoms with Crippen LogP contribution in [-0.2, 0) is 14.6 Å². The van der Waals surface area contributed by atoms with Crippen LogP contribution in [0.5, 0.6) is 0 Å². The first-order valence-corrected chi connectivity index (χ1v) is 11.7.